The summed E-state index contributed by atoms with van der Waals surface area (Å²) >= 11 is 6.05. The summed E-state index contributed by atoms with van der Waals surface area (Å²) in [6.07, 6.45) is 0. The third-order valence-electron chi connectivity index (χ3n) is 4.03. The first kappa shape index (κ1) is 22.3. The van der Waals surface area contributed by atoms with Gasteiger partial charge in [0.05, 0.1) is 34.1 Å². The van der Waals surface area contributed by atoms with E-state index in [1.54, 1.807) is 18.2 Å². The average molecular weight is 468 g/mol. The number of sulfonamides is 1. The third-order valence-corrected chi connectivity index (χ3v) is 5.72. The van der Waals surface area contributed by atoms with Crippen LogP contribution in [0.4, 0.5) is 30.6 Å². The van der Waals surface area contributed by atoms with Crippen LogP contribution in [0.5, 0.6) is 5.75 Å². The highest BCUT2D eigenvalue weighted by Gasteiger charge is 2.19. The summed E-state index contributed by atoms with van der Waals surface area (Å²) in [5.74, 6) is -1.45. The van der Waals surface area contributed by atoms with E-state index < -0.39 is 27.7 Å². The molecule has 3 rings (SSSR count). The van der Waals surface area contributed by atoms with E-state index in [0.717, 1.165) is 18.2 Å². The highest BCUT2D eigenvalue weighted by atomic mass is 35.5. The zero-order valence-corrected chi connectivity index (χ0v) is 17.5. The second-order valence-corrected chi connectivity index (χ2v) is 8.24. The minimum atomic E-state index is -4.05. The van der Waals surface area contributed by atoms with E-state index in [4.69, 9.17) is 16.3 Å². The molecule has 11 heteroatoms. The Labute approximate surface area is 182 Å². The summed E-state index contributed by atoms with van der Waals surface area (Å²) in [4.78, 5) is 12.0. The first-order valence-corrected chi connectivity index (χ1v) is 10.5. The highest BCUT2D eigenvalue weighted by Crippen LogP contribution is 2.29. The fourth-order valence-electron chi connectivity index (χ4n) is 2.57. The molecule has 0 unspecified atom stereocenters. The zero-order chi connectivity index (χ0) is 22.6. The molecule has 7 nitrogen and oxygen atoms in total. The van der Waals surface area contributed by atoms with Crippen molar-refractivity contribution in [2.45, 2.75) is 4.90 Å². The van der Waals surface area contributed by atoms with Gasteiger partial charge in [0, 0.05) is 6.07 Å². The number of ether oxygens (including phenoxy) is 1. The van der Waals surface area contributed by atoms with Crippen molar-refractivity contribution in [2.24, 2.45) is 0 Å². The summed E-state index contributed by atoms with van der Waals surface area (Å²) in [5, 5.41) is 4.58. The summed E-state index contributed by atoms with van der Waals surface area (Å²) in [7, 11) is -2.65. The summed E-state index contributed by atoms with van der Waals surface area (Å²) < 4.78 is 59.8. The third kappa shape index (κ3) is 5.41. The van der Waals surface area contributed by atoms with Crippen molar-refractivity contribution in [1.29, 1.82) is 0 Å². The Morgan fingerprint density at radius 1 is 0.935 bits per heavy atom. The van der Waals surface area contributed by atoms with Gasteiger partial charge >= 0.3 is 6.03 Å². The lowest BCUT2D eigenvalue weighted by Crippen LogP contribution is -2.21. The van der Waals surface area contributed by atoms with Gasteiger partial charge in [-0.2, -0.15) is 0 Å². The van der Waals surface area contributed by atoms with Crippen LogP contribution in [0, 0.1) is 11.6 Å². The van der Waals surface area contributed by atoms with Crippen molar-refractivity contribution in [1.82, 2.24) is 0 Å². The van der Waals surface area contributed by atoms with Gasteiger partial charge in [-0.1, -0.05) is 23.7 Å². The summed E-state index contributed by atoms with van der Waals surface area (Å²) in [6, 6.07) is 11.8. The molecule has 0 bridgehead atoms. The van der Waals surface area contributed by atoms with E-state index in [1.807, 2.05) is 0 Å². The van der Waals surface area contributed by atoms with Crippen molar-refractivity contribution < 1.29 is 26.7 Å². The van der Waals surface area contributed by atoms with Gasteiger partial charge in [0.15, 0.2) is 0 Å². The molecular formula is C20H16ClF2N3O4S. The van der Waals surface area contributed by atoms with Crippen LogP contribution in [0.25, 0.3) is 0 Å². The van der Waals surface area contributed by atoms with Gasteiger partial charge in [0.1, 0.15) is 17.4 Å². The van der Waals surface area contributed by atoms with Crippen molar-refractivity contribution in [3.63, 3.8) is 0 Å². The first-order valence-electron chi connectivity index (χ1n) is 8.68. The Morgan fingerprint density at radius 2 is 1.65 bits per heavy atom. The molecule has 162 valence electrons. The Bertz CT molecular complexity index is 1240. The van der Waals surface area contributed by atoms with Crippen LogP contribution >= 0.6 is 11.6 Å². The number of para-hydroxylation sites is 2. The average Bonchev–Trinajstić information content (AvgIpc) is 2.72. The topological polar surface area (TPSA) is 96.5 Å². The quantitative estimate of drug-likeness (QED) is 0.471. The van der Waals surface area contributed by atoms with Gasteiger partial charge in [-0.3, -0.25) is 4.72 Å². The van der Waals surface area contributed by atoms with E-state index in [0.29, 0.717) is 11.8 Å². The first-order chi connectivity index (χ1) is 14.7. The minimum absolute atomic E-state index is 0.0374. The predicted molar refractivity (Wildman–Crippen MR) is 114 cm³/mol. The molecular weight excluding hydrogens is 452 g/mol. The zero-order valence-electron chi connectivity index (χ0n) is 15.9. The van der Waals surface area contributed by atoms with Gasteiger partial charge in [0.2, 0.25) is 0 Å². The molecule has 2 amide bonds. The maximum absolute atomic E-state index is 13.7. The number of methoxy groups -OCH3 is 1. The summed E-state index contributed by atoms with van der Waals surface area (Å²) in [5.41, 5.74) is -0.0831. The van der Waals surface area contributed by atoms with Gasteiger partial charge in [-0.25, -0.2) is 22.0 Å². The van der Waals surface area contributed by atoms with Crippen LogP contribution in [0.2, 0.25) is 5.02 Å². The number of rotatable bonds is 6. The normalized spacial score (nSPS) is 11.0. The molecule has 0 aliphatic rings. The van der Waals surface area contributed by atoms with Crippen LogP contribution < -0.4 is 20.1 Å². The number of hydrogen-bond acceptors (Lipinski definition) is 4. The highest BCUT2D eigenvalue weighted by molar-refractivity contribution is 7.92. The van der Waals surface area contributed by atoms with Gasteiger partial charge in [-0.15, -0.1) is 0 Å². The number of amides is 2. The fourth-order valence-corrected chi connectivity index (χ4v) is 3.83. The molecule has 0 fully saturated rings. The largest absolute Gasteiger partial charge is 0.495 e. The molecule has 0 spiro atoms. The van der Waals surface area contributed by atoms with Crippen molar-refractivity contribution in [2.75, 3.05) is 22.5 Å². The number of carbonyl (C=O) groups is 1. The number of anilines is 3. The fraction of sp³-hybridized carbons (Fsp3) is 0.0500. The Morgan fingerprint density at radius 3 is 2.35 bits per heavy atom. The molecule has 0 aliphatic carbocycles. The minimum Gasteiger partial charge on any atom is -0.495 e. The molecule has 0 heterocycles. The van der Waals surface area contributed by atoms with Crippen LogP contribution in [-0.4, -0.2) is 21.6 Å². The van der Waals surface area contributed by atoms with Crippen LogP contribution in [0.3, 0.4) is 0 Å². The Balaban J connectivity index is 1.81. The molecule has 0 radical (unpaired) electrons. The van der Waals surface area contributed by atoms with Gasteiger partial charge < -0.3 is 15.4 Å². The SMILES string of the molecule is COc1ccccc1NS(=O)(=O)c1ccc(Cl)c(NC(=O)Nc2ccc(F)cc2F)c1. The maximum atomic E-state index is 13.7. The number of hydrogen-bond donors (Lipinski definition) is 3. The van der Waals surface area contributed by atoms with Crippen LogP contribution in [0.1, 0.15) is 0 Å². The molecule has 0 saturated heterocycles. The molecule has 3 N–H and O–H groups in total. The van der Waals surface area contributed by atoms with E-state index in [2.05, 4.69) is 15.4 Å². The van der Waals surface area contributed by atoms with E-state index in [-0.39, 0.29) is 27.0 Å². The van der Waals surface area contributed by atoms with Crippen LogP contribution in [0.15, 0.2) is 65.6 Å². The smallest absolute Gasteiger partial charge is 0.323 e. The standard InChI is InChI=1S/C20H16ClF2N3O4S/c1-30-19-5-3-2-4-17(19)26-31(28,29)13-7-8-14(21)18(11-13)25-20(27)24-16-9-6-12(22)10-15(16)23/h2-11,26H,1H3,(H2,24,25,27). The van der Waals surface area contributed by atoms with Crippen molar-refractivity contribution >= 4 is 44.7 Å². The number of halogens is 3. The lowest BCUT2D eigenvalue weighted by atomic mass is 10.3. The number of carbonyl (C=O) groups excluding carboxylic acids is 1. The van der Waals surface area contributed by atoms with Gasteiger partial charge in [-0.05, 0) is 42.5 Å². The second-order valence-electron chi connectivity index (χ2n) is 6.15. The summed E-state index contributed by atoms with van der Waals surface area (Å²) in [6.45, 7) is 0. The molecule has 31 heavy (non-hydrogen) atoms. The monoisotopic (exact) mass is 467 g/mol. The van der Waals surface area contributed by atoms with Gasteiger partial charge in [0.25, 0.3) is 10.0 Å². The maximum Gasteiger partial charge on any atom is 0.323 e. The molecule has 0 aromatic heterocycles. The lowest BCUT2D eigenvalue weighted by molar-refractivity contribution is 0.262. The Hall–Kier alpha value is -3.37. The molecule has 3 aromatic carbocycles. The number of nitrogens with one attached hydrogen (secondary N) is 3. The molecule has 0 saturated carbocycles. The number of urea groups is 1. The van der Waals surface area contributed by atoms with E-state index >= 15 is 0 Å². The van der Waals surface area contributed by atoms with E-state index in [1.165, 1.54) is 25.3 Å². The van der Waals surface area contributed by atoms with Crippen LogP contribution in [-0.2, 0) is 10.0 Å². The Kier molecular flexibility index (Phi) is 6.62. The molecule has 0 atom stereocenters. The van der Waals surface area contributed by atoms with Crippen molar-refractivity contribution in [3.05, 3.63) is 77.3 Å². The van der Waals surface area contributed by atoms with Crippen molar-refractivity contribution in [3.8, 4) is 5.75 Å². The second kappa shape index (κ2) is 9.19. The van der Waals surface area contributed by atoms with E-state index in [9.17, 15) is 22.0 Å². The molecule has 3 aromatic rings. The lowest BCUT2D eigenvalue weighted by Gasteiger charge is -2.14. The number of benzene rings is 3. The predicted octanol–water partition coefficient (Wildman–Crippen LogP) is 5.07. The molecule has 0 aliphatic heterocycles.